The van der Waals surface area contributed by atoms with Gasteiger partial charge in [0.15, 0.2) is 0 Å². The van der Waals surface area contributed by atoms with Crippen molar-refractivity contribution in [2.24, 2.45) is 5.92 Å². The lowest BCUT2D eigenvalue weighted by Gasteiger charge is -2.24. The van der Waals surface area contributed by atoms with Gasteiger partial charge in [0, 0.05) is 5.56 Å². The lowest BCUT2D eigenvalue weighted by Crippen LogP contribution is -2.36. The third-order valence-corrected chi connectivity index (χ3v) is 6.24. The third-order valence-electron chi connectivity index (χ3n) is 4.46. The summed E-state index contributed by atoms with van der Waals surface area (Å²) in [5.74, 6) is -0.726. The molecule has 4 rings (SSSR count). The van der Waals surface area contributed by atoms with Crippen LogP contribution in [0.5, 0.6) is 0 Å². The van der Waals surface area contributed by atoms with Crippen LogP contribution in [0.1, 0.15) is 40.5 Å². The fourth-order valence-corrected chi connectivity index (χ4v) is 4.70. The zero-order valence-electron chi connectivity index (χ0n) is 12.6. The standard InChI is InChI=1S/C15H12F3N3O3S/c16-15(17,18)9-3-5-10(6-4-9)25(23,24)21-13(8-1-2-8)11-7-19-20-12(11)14(21)22/h3-8,13H,1-2H2,(H,19,20). The molecule has 2 heterocycles. The highest BCUT2D eigenvalue weighted by atomic mass is 32.2. The van der Waals surface area contributed by atoms with Crippen LogP contribution in [0.3, 0.4) is 0 Å². The number of carbonyl (C=O) groups is 1. The van der Waals surface area contributed by atoms with Gasteiger partial charge in [-0.05, 0) is 43.0 Å². The van der Waals surface area contributed by atoms with Crippen molar-refractivity contribution in [2.45, 2.75) is 30.0 Å². The molecule has 132 valence electrons. The zero-order valence-corrected chi connectivity index (χ0v) is 13.4. The van der Waals surface area contributed by atoms with E-state index >= 15 is 0 Å². The van der Waals surface area contributed by atoms with Crippen molar-refractivity contribution in [1.82, 2.24) is 14.5 Å². The molecule has 1 aromatic carbocycles. The predicted octanol–water partition coefficient (Wildman–Crippen LogP) is 2.72. The lowest BCUT2D eigenvalue weighted by molar-refractivity contribution is -0.137. The summed E-state index contributed by atoms with van der Waals surface area (Å²) in [5.41, 5.74) is -0.317. The Morgan fingerprint density at radius 2 is 1.80 bits per heavy atom. The Morgan fingerprint density at radius 3 is 2.36 bits per heavy atom. The van der Waals surface area contributed by atoms with E-state index < -0.39 is 33.7 Å². The maximum atomic E-state index is 12.9. The quantitative estimate of drug-likeness (QED) is 0.899. The minimum absolute atomic E-state index is 0.00650. The fraction of sp³-hybridized carbons (Fsp3) is 0.333. The highest BCUT2D eigenvalue weighted by molar-refractivity contribution is 7.89. The Morgan fingerprint density at radius 1 is 1.16 bits per heavy atom. The maximum absolute atomic E-state index is 12.9. The molecule has 2 aliphatic rings. The second-order valence-corrected chi connectivity index (χ2v) is 7.93. The van der Waals surface area contributed by atoms with E-state index in [1.54, 1.807) is 0 Å². The van der Waals surface area contributed by atoms with E-state index in [1.165, 1.54) is 6.20 Å². The number of sulfonamides is 1. The fourth-order valence-electron chi connectivity index (χ4n) is 3.10. The van der Waals surface area contributed by atoms with Gasteiger partial charge in [0.1, 0.15) is 5.69 Å². The van der Waals surface area contributed by atoms with Crippen molar-refractivity contribution in [3.63, 3.8) is 0 Å². The van der Waals surface area contributed by atoms with E-state index in [9.17, 15) is 26.4 Å². The van der Waals surface area contributed by atoms with Crippen molar-refractivity contribution in [3.8, 4) is 0 Å². The molecule has 2 aromatic rings. The first-order valence-corrected chi connectivity index (χ1v) is 8.94. The molecular formula is C15H12F3N3O3S. The Labute approximate surface area is 140 Å². The minimum atomic E-state index is -4.56. The number of amides is 1. The van der Waals surface area contributed by atoms with E-state index in [1.807, 2.05) is 0 Å². The summed E-state index contributed by atoms with van der Waals surface area (Å²) < 4.78 is 64.6. The first-order valence-electron chi connectivity index (χ1n) is 7.50. The van der Waals surface area contributed by atoms with Crippen LogP contribution in [0.15, 0.2) is 35.4 Å². The number of alkyl halides is 3. The molecule has 0 spiro atoms. The van der Waals surface area contributed by atoms with Crippen molar-refractivity contribution >= 4 is 15.9 Å². The van der Waals surface area contributed by atoms with Crippen molar-refractivity contribution in [1.29, 1.82) is 0 Å². The Kier molecular flexibility index (Phi) is 3.27. The third kappa shape index (κ3) is 2.43. The van der Waals surface area contributed by atoms with Crippen molar-refractivity contribution < 1.29 is 26.4 Å². The molecule has 1 saturated carbocycles. The first kappa shape index (κ1) is 16.1. The molecule has 1 N–H and O–H groups in total. The normalized spacial score (nSPS) is 20.8. The summed E-state index contributed by atoms with van der Waals surface area (Å²) in [6, 6.07) is 2.48. The van der Waals surface area contributed by atoms with Crippen LogP contribution in [0.2, 0.25) is 0 Å². The number of H-pyrrole nitrogens is 1. The van der Waals surface area contributed by atoms with Crippen LogP contribution >= 0.6 is 0 Å². The molecule has 1 aliphatic heterocycles. The van der Waals surface area contributed by atoms with Gasteiger partial charge in [0.2, 0.25) is 0 Å². The molecular weight excluding hydrogens is 359 g/mol. The number of benzene rings is 1. The van der Waals surface area contributed by atoms with E-state index in [-0.39, 0.29) is 16.5 Å². The predicted molar refractivity (Wildman–Crippen MR) is 78.9 cm³/mol. The number of aromatic amines is 1. The SMILES string of the molecule is O=C1c2[nH]ncc2C(C2CC2)N1S(=O)(=O)c1ccc(C(F)(F)F)cc1. The average Bonchev–Trinajstić information content (AvgIpc) is 3.18. The van der Waals surface area contributed by atoms with Crippen LogP contribution < -0.4 is 0 Å². The zero-order chi connectivity index (χ0) is 18.0. The second-order valence-electron chi connectivity index (χ2n) is 6.11. The second kappa shape index (κ2) is 5.07. The number of hydrogen-bond donors (Lipinski definition) is 1. The van der Waals surface area contributed by atoms with Crippen LogP contribution in [-0.4, -0.2) is 28.8 Å². The number of carbonyl (C=O) groups excluding carboxylic acids is 1. The summed E-state index contributed by atoms with van der Waals surface area (Å²) in [6.45, 7) is 0. The molecule has 1 unspecified atom stereocenters. The summed E-state index contributed by atoms with van der Waals surface area (Å²) in [7, 11) is -4.27. The van der Waals surface area contributed by atoms with Crippen LogP contribution in [0.4, 0.5) is 13.2 Å². The summed E-state index contributed by atoms with van der Waals surface area (Å²) in [4.78, 5) is 12.2. The van der Waals surface area contributed by atoms with E-state index in [4.69, 9.17) is 0 Å². The van der Waals surface area contributed by atoms with E-state index in [0.717, 1.165) is 29.3 Å². The molecule has 1 atom stereocenters. The summed E-state index contributed by atoms with van der Waals surface area (Å²) in [6.07, 6.45) is -1.58. The number of nitrogens with one attached hydrogen (secondary N) is 1. The number of hydrogen-bond acceptors (Lipinski definition) is 4. The number of nitrogens with zero attached hydrogens (tertiary/aromatic N) is 2. The largest absolute Gasteiger partial charge is 0.416 e. The van der Waals surface area contributed by atoms with E-state index in [2.05, 4.69) is 10.2 Å². The minimum Gasteiger partial charge on any atom is -0.273 e. The van der Waals surface area contributed by atoms with Gasteiger partial charge < -0.3 is 0 Å². The van der Waals surface area contributed by atoms with Gasteiger partial charge in [-0.25, -0.2) is 12.7 Å². The van der Waals surface area contributed by atoms with E-state index in [0.29, 0.717) is 17.7 Å². The molecule has 1 aromatic heterocycles. The molecule has 0 bridgehead atoms. The maximum Gasteiger partial charge on any atom is 0.416 e. The van der Waals surface area contributed by atoms with Crippen LogP contribution in [-0.2, 0) is 16.2 Å². The molecule has 0 saturated heterocycles. The number of aromatic nitrogens is 2. The molecule has 25 heavy (non-hydrogen) atoms. The monoisotopic (exact) mass is 371 g/mol. The molecule has 1 aliphatic carbocycles. The van der Waals surface area contributed by atoms with Crippen LogP contribution in [0, 0.1) is 5.92 Å². The van der Waals surface area contributed by atoms with Crippen molar-refractivity contribution in [2.75, 3.05) is 0 Å². The van der Waals surface area contributed by atoms with Gasteiger partial charge in [0.25, 0.3) is 15.9 Å². The lowest BCUT2D eigenvalue weighted by atomic mass is 10.1. The topological polar surface area (TPSA) is 83.1 Å². The Bertz CT molecular complexity index is 946. The molecule has 0 radical (unpaired) electrons. The van der Waals surface area contributed by atoms with Gasteiger partial charge in [-0.2, -0.15) is 18.3 Å². The van der Waals surface area contributed by atoms with Gasteiger partial charge >= 0.3 is 6.18 Å². The molecule has 10 heteroatoms. The smallest absolute Gasteiger partial charge is 0.273 e. The summed E-state index contributed by atoms with van der Waals surface area (Å²) >= 11 is 0. The number of rotatable bonds is 3. The van der Waals surface area contributed by atoms with Gasteiger partial charge in [0.05, 0.1) is 22.7 Å². The Balaban J connectivity index is 1.75. The molecule has 6 nitrogen and oxygen atoms in total. The highest BCUT2D eigenvalue weighted by Crippen LogP contribution is 2.50. The van der Waals surface area contributed by atoms with Gasteiger partial charge in [-0.3, -0.25) is 9.89 Å². The highest BCUT2D eigenvalue weighted by Gasteiger charge is 2.51. The van der Waals surface area contributed by atoms with Gasteiger partial charge in [-0.15, -0.1) is 0 Å². The average molecular weight is 371 g/mol. The Hall–Kier alpha value is -2.36. The number of fused-ring (bicyclic) bond motifs is 1. The summed E-state index contributed by atoms with van der Waals surface area (Å²) in [5, 5.41) is 6.30. The first-order chi connectivity index (χ1) is 11.7. The molecule has 1 amide bonds. The van der Waals surface area contributed by atoms with Crippen LogP contribution in [0.25, 0.3) is 0 Å². The van der Waals surface area contributed by atoms with Gasteiger partial charge in [-0.1, -0.05) is 0 Å². The number of halogens is 3. The molecule has 1 fully saturated rings. The van der Waals surface area contributed by atoms with Crippen molar-refractivity contribution in [3.05, 3.63) is 47.3 Å².